The first-order valence-electron chi connectivity index (χ1n) is 8.14. The molecule has 7 heteroatoms. The minimum Gasteiger partial charge on any atom is -0.310 e. The molecule has 2 aromatic rings. The second kappa shape index (κ2) is 6.81. The molecule has 3 heterocycles. The monoisotopic (exact) mass is 326 g/mol. The van der Waals surface area contributed by atoms with Gasteiger partial charge in [-0.25, -0.2) is 4.98 Å². The largest absolute Gasteiger partial charge is 0.310 e. The Labute approximate surface area is 140 Å². The molecule has 1 aliphatic rings. The Bertz CT molecular complexity index is 815. The Morgan fingerprint density at radius 3 is 2.71 bits per heavy atom. The van der Waals surface area contributed by atoms with Crippen LogP contribution in [0.2, 0.25) is 0 Å². The molecule has 0 unspecified atom stereocenters. The number of hydrogen-bond donors (Lipinski definition) is 1. The van der Waals surface area contributed by atoms with Crippen LogP contribution in [0, 0.1) is 25.2 Å². The first-order valence-corrected chi connectivity index (χ1v) is 8.14. The van der Waals surface area contributed by atoms with Gasteiger partial charge in [0.1, 0.15) is 37.8 Å². The SMILES string of the molecule is Cc1nn(C[NH+]2CCN(c3cccc[nH+]3)CC2)c(=O)c(C#N)c1C. The van der Waals surface area contributed by atoms with E-state index in [1.54, 1.807) is 6.92 Å². The number of piperazine rings is 1. The van der Waals surface area contributed by atoms with Gasteiger partial charge in [0, 0.05) is 6.07 Å². The standard InChI is InChI=1S/C17H20N6O/c1-13-14(2)20-23(17(24)15(13)11-18)12-21-7-9-22(10-8-21)16-5-3-4-6-19-16/h3-6H,7-10,12H2,1-2H3/p+2. The summed E-state index contributed by atoms with van der Waals surface area (Å²) in [6.07, 6.45) is 1.93. The number of aromatic amines is 1. The summed E-state index contributed by atoms with van der Waals surface area (Å²) in [5, 5.41) is 13.6. The van der Waals surface area contributed by atoms with Gasteiger partial charge >= 0.3 is 0 Å². The number of nitrogens with one attached hydrogen (secondary N) is 2. The van der Waals surface area contributed by atoms with E-state index in [1.165, 1.54) is 9.58 Å². The molecule has 7 nitrogen and oxygen atoms in total. The van der Waals surface area contributed by atoms with Crippen LogP contribution in [0.5, 0.6) is 0 Å². The summed E-state index contributed by atoms with van der Waals surface area (Å²) in [5.74, 6) is 1.12. The molecule has 0 radical (unpaired) electrons. The third-order valence-electron chi connectivity index (χ3n) is 4.63. The second-order valence-electron chi connectivity index (χ2n) is 6.14. The summed E-state index contributed by atoms with van der Waals surface area (Å²) in [6, 6.07) is 8.07. The number of rotatable bonds is 3. The average Bonchev–Trinajstić information content (AvgIpc) is 2.61. The van der Waals surface area contributed by atoms with Gasteiger partial charge in [0.25, 0.3) is 11.4 Å². The van der Waals surface area contributed by atoms with Crippen molar-refractivity contribution in [2.75, 3.05) is 31.1 Å². The minimum absolute atomic E-state index is 0.208. The van der Waals surface area contributed by atoms with E-state index in [0.29, 0.717) is 12.2 Å². The van der Waals surface area contributed by atoms with Crippen molar-refractivity contribution in [1.82, 2.24) is 9.78 Å². The zero-order valence-electron chi connectivity index (χ0n) is 14.0. The van der Waals surface area contributed by atoms with Crippen molar-refractivity contribution in [3.05, 3.63) is 51.6 Å². The summed E-state index contributed by atoms with van der Waals surface area (Å²) in [6.45, 7) is 7.79. The molecule has 0 aromatic carbocycles. The summed E-state index contributed by atoms with van der Waals surface area (Å²) in [7, 11) is 0. The van der Waals surface area contributed by atoms with Crippen LogP contribution >= 0.6 is 0 Å². The lowest BCUT2D eigenvalue weighted by Crippen LogP contribution is -3.14. The fourth-order valence-electron chi connectivity index (χ4n) is 3.02. The minimum atomic E-state index is -0.285. The summed E-state index contributed by atoms with van der Waals surface area (Å²) >= 11 is 0. The lowest BCUT2D eigenvalue weighted by molar-refractivity contribution is -0.924. The number of H-pyrrole nitrogens is 1. The molecule has 2 N–H and O–H groups in total. The van der Waals surface area contributed by atoms with E-state index in [4.69, 9.17) is 0 Å². The summed E-state index contributed by atoms with van der Waals surface area (Å²) in [5.41, 5.74) is 1.34. The van der Waals surface area contributed by atoms with E-state index in [-0.39, 0.29) is 11.1 Å². The van der Waals surface area contributed by atoms with Crippen molar-refractivity contribution in [3.8, 4) is 6.07 Å². The first kappa shape index (κ1) is 16.1. The van der Waals surface area contributed by atoms with Gasteiger partial charge in [-0.05, 0) is 25.5 Å². The predicted octanol–water partition coefficient (Wildman–Crippen LogP) is -1.09. The molecular formula is C17H22N6O+2. The van der Waals surface area contributed by atoms with Crippen molar-refractivity contribution >= 4 is 5.82 Å². The third-order valence-corrected chi connectivity index (χ3v) is 4.63. The number of quaternary nitrogens is 1. The lowest BCUT2D eigenvalue weighted by atomic mass is 10.1. The Hall–Kier alpha value is -2.72. The lowest BCUT2D eigenvalue weighted by Gasteiger charge is -2.28. The van der Waals surface area contributed by atoms with Crippen molar-refractivity contribution < 1.29 is 9.88 Å². The van der Waals surface area contributed by atoms with Crippen LogP contribution < -0.4 is 20.3 Å². The van der Waals surface area contributed by atoms with E-state index in [1.807, 2.05) is 31.3 Å². The molecule has 0 bridgehead atoms. The predicted molar refractivity (Wildman–Crippen MR) is 88.6 cm³/mol. The summed E-state index contributed by atoms with van der Waals surface area (Å²) in [4.78, 5) is 19.2. The van der Waals surface area contributed by atoms with Gasteiger partial charge < -0.3 is 4.90 Å². The smallest absolute Gasteiger partial charge is 0.289 e. The van der Waals surface area contributed by atoms with Crippen LogP contribution in [0.1, 0.15) is 16.8 Å². The maximum absolute atomic E-state index is 12.4. The van der Waals surface area contributed by atoms with E-state index >= 15 is 0 Å². The normalized spacial score (nSPS) is 15.3. The van der Waals surface area contributed by atoms with E-state index < -0.39 is 0 Å². The molecule has 0 spiro atoms. The topological polar surface area (TPSA) is 80.5 Å². The quantitative estimate of drug-likeness (QED) is 0.777. The van der Waals surface area contributed by atoms with E-state index in [9.17, 15) is 10.1 Å². The van der Waals surface area contributed by atoms with Gasteiger partial charge in [0.15, 0.2) is 6.67 Å². The molecule has 124 valence electrons. The fraction of sp³-hybridized carbons (Fsp3) is 0.412. The Morgan fingerprint density at radius 2 is 2.08 bits per heavy atom. The molecule has 0 saturated carbocycles. The molecule has 1 saturated heterocycles. The van der Waals surface area contributed by atoms with Gasteiger partial charge in [-0.15, -0.1) is 0 Å². The number of hydrogen-bond acceptors (Lipinski definition) is 4. The van der Waals surface area contributed by atoms with Crippen LogP contribution in [0.15, 0.2) is 29.2 Å². The molecule has 0 aliphatic carbocycles. The zero-order valence-corrected chi connectivity index (χ0v) is 14.0. The molecular weight excluding hydrogens is 304 g/mol. The number of nitrogens with zero attached hydrogens (tertiary/aromatic N) is 4. The summed E-state index contributed by atoms with van der Waals surface area (Å²) < 4.78 is 1.44. The van der Waals surface area contributed by atoms with Gasteiger partial charge in [0.2, 0.25) is 0 Å². The number of nitriles is 1. The molecule has 24 heavy (non-hydrogen) atoms. The van der Waals surface area contributed by atoms with E-state index in [0.717, 1.165) is 37.7 Å². The Kier molecular flexibility index (Phi) is 4.58. The van der Waals surface area contributed by atoms with E-state index in [2.05, 4.69) is 21.0 Å². The molecule has 0 atom stereocenters. The highest BCUT2D eigenvalue weighted by Gasteiger charge is 2.26. The highest BCUT2D eigenvalue weighted by molar-refractivity contribution is 5.36. The van der Waals surface area contributed by atoms with Crippen molar-refractivity contribution in [1.29, 1.82) is 5.26 Å². The van der Waals surface area contributed by atoms with Crippen LogP contribution in [-0.2, 0) is 6.67 Å². The van der Waals surface area contributed by atoms with Gasteiger partial charge in [0.05, 0.1) is 11.9 Å². The Morgan fingerprint density at radius 1 is 1.33 bits per heavy atom. The van der Waals surface area contributed by atoms with Crippen molar-refractivity contribution in [3.63, 3.8) is 0 Å². The second-order valence-corrected chi connectivity index (χ2v) is 6.14. The van der Waals surface area contributed by atoms with Crippen LogP contribution in [0.25, 0.3) is 0 Å². The van der Waals surface area contributed by atoms with Gasteiger partial charge in [-0.2, -0.15) is 15.0 Å². The number of pyridine rings is 1. The van der Waals surface area contributed by atoms with Gasteiger partial charge in [-0.1, -0.05) is 6.07 Å². The number of aryl methyl sites for hydroxylation is 1. The number of aromatic nitrogens is 3. The van der Waals surface area contributed by atoms with Crippen molar-refractivity contribution in [2.24, 2.45) is 0 Å². The van der Waals surface area contributed by atoms with Crippen molar-refractivity contribution in [2.45, 2.75) is 20.5 Å². The van der Waals surface area contributed by atoms with Crippen LogP contribution in [0.3, 0.4) is 0 Å². The molecule has 2 aromatic heterocycles. The first-order chi connectivity index (χ1) is 11.6. The Balaban J connectivity index is 1.70. The average molecular weight is 326 g/mol. The maximum Gasteiger partial charge on any atom is 0.289 e. The maximum atomic E-state index is 12.4. The van der Waals surface area contributed by atoms with Gasteiger partial charge in [-0.3, -0.25) is 9.69 Å². The zero-order chi connectivity index (χ0) is 17.1. The van der Waals surface area contributed by atoms with Crippen LogP contribution in [0.4, 0.5) is 5.82 Å². The molecule has 3 rings (SSSR count). The highest BCUT2D eigenvalue weighted by atomic mass is 16.1. The fourth-order valence-corrected chi connectivity index (χ4v) is 3.02. The number of anilines is 1. The highest BCUT2D eigenvalue weighted by Crippen LogP contribution is 2.05. The third kappa shape index (κ3) is 3.14. The molecule has 0 amide bonds. The molecule has 1 aliphatic heterocycles. The van der Waals surface area contributed by atoms with Crippen LogP contribution in [-0.4, -0.2) is 36.0 Å². The molecule has 1 fully saturated rings.